The molecule has 2 fully saturated rings. The maximum Gasteiger partial charge on any atom is 0.416 e. The van der Waals surface area contributed by atoms with E-state index in [4.69, 9.17) is 0 Å². The van der Waals surface area contributed by atoms with Crippen molar-refractivity contribution < 1.29 is 18.0 Å². The highest BCUT2D eigenvalue weighted by Crippen LogP contribution is 2.31. The molecule has 2 aliphatic rings. The average molecular weight is 382 g/mol. The number of hydrogen-bond acceptors (Lipinski definition) is 2. The minimum Gasteiger partial charge on any atom is -0.343 e. The van der Waals surface area contributed by atoms with E-state index in [9.17, 15) is 18.0 Å². The zero-order valence-electron chi connectivity index (χ0n) is 16.0. The zero-order valence-corrected chi connectivity index (χ0v) is 16.0. The molecule has 0 unspecified atom stereocenters. The topological polar surface area (TPSA) is 23.6 Å². The fraction of sp³-hybridized carbons (Fsp3) is 0.667. The van der Waals surface area contributed by atoms with Gasteiger partial charge in [0.05, 0.1) is 5.56 Å². The van der Waals surface area contributed by atoms with E-state index < -0.39 is 11.7 Å². The predicted octanol–water partition coefficient (Wildman–Crippen LogP) is 4.36. The number of benzene rings is 1. The Morgan fingerprint density at radius 1 is 1.15 bits per heavy atom. The molecule has 1 aromatic rings. The third-order valence-corrected chi connectivity index (χ3v) is 6.07. The standard InChI is InChI=1S/C21H29F3N2O/c1-16(27)25-12-9-20(10-13-25)26-11-3-5-18(15-26)8-7-17-4-2-6-19(14-17)21(22,23)24/h2,4,6,14,18,20H,3,5,7-13,15H2,1H3/t18-/m1/s1. The number of piperidine rings is 2. The summed E-state index contributed by atoms with van der Waals surface area (Å²) < 4.78 is 38.6. The summed E-state index contributed by atoms with van der Waals surface area (Å²) in [6.45, 7) is 5.44. The maximum absolute atomic E-state index is 12.9. The van der Waals surface area contributed by atoms with Gasteiger partial charge in [-0.3, -0.25) is 9.69 Å². The van der Waals surface area contributed by atoms with Crippen LogP contribution in [0.1, 0.15) is 50.2 Å². The Labute approximate surface area is 159 Å². The van der Waals surface area contributed by atoms with Crippen LogP contribution in [0, 0.1) is 5.92 Å². The third kappa shape index (κ3) is 5.47. The first-order valence-corrected chi connectivity index (χ1v) is 9.98. The van der Waals surface area contributed by atoms with E-state index in [-0.39, 0.29) is 5.91 Å². The summed E-state index contributed by atoms with van der Waals surface area (Å²) in [5.74, 6) is 0.699. The van der Waals surface area contributed by atoms with E-state index in [1.54, 1.807) is 13.0 Å². The van der Waals surface area contributed by atoms with Crippen LogP contribution >= 0.6 is 0 Å². The number of aryl methyl sites for hydroxylation is 1. The monoisotopic (exact) mass is 382 g/mol. The largest absolute Gasteiger partial charge is 0.416 e. The van der Waals surface area contributed by atoms with Crippen LogP contribution in [-0.2, 0) is 17.4 Å². The molecule has 3 nitrogen and oxygen atoms in total. The average Bonchev–Trinajstić information content (AvgIpc) is 2.66. The van der Waals surface area contributed by atoms with E-state index in [1.807, 2.05) is 4.90 Å². The second-order valence-corrected chi connectivity index (χ2v) is 7.98. The van der Waals surface area contributed by atoms with Gasteiger partial charge in [-0.2, -0.15) is 13.2 Å². The maximum atomic E-state index is 12.9. The number of hydrogen-bond donors (Lipinski definition) is 0. The van der Waals surface area contributed by atoms with Crippen molar-refractivity contribution in [1.82, 2.24) is 9.80 Å². The molecule has 0 spiro atoms. The summed E-state index contributed by atoms with van der Waals surface area (Å²) in [4.78, 5) is 16.0. The van der Waals surface area contributed by atoms with Crippen LogP contribution in [0.3, 0.4) is 0 Å². The molecule has 1 aromatic carbocycles. The van der Waals surface area contributed by atoms with Crippen molar-refractivity contribution in [2.45, 2.75) is 57.7 Å². The zero-order chi connectivity index (χ0) is 19.4. The Balaban J connectivity index is 1.50. The SMILES string of the molecule is CC(=O)N1CCC(N2CCC[C@H](CCc3cccc(C(F)(F)F)c3)C2)CC1. The molecule has 150 valence electrons. The summed E-state index contributed by atoms with van der Waals surface area (Å²) in [6.07, 6.45) is 1.73. The Kier molecular flexibility index (Phi) is 6.45. The van der Waals surface area contributed by atoms with E-state index in [0.717, 1.165) is 69.9 Å². The lowest BCUT2D eigenvalue weighted by Crippen LogP contribution is -2.49. The van der Waals surface area contributed by atoms with Gasteiger partial charge in [-0.1, -0.05) is 18.2 Å². The van der Waals surface area contributed by atoms with Crippen LogP contribution in [0.25, 0.3) is 0 Å². The van der Waals surface area contributed by atoms with Crippen molar-refractivity contribution in [2.24, 2.45) is 5.92 Å². The molecule has 0 saturated carbocycles. The van der Waals surface area contributed by atoms with Gasteiger partial charge in [0.15, 0.2) is 0 Å². The number of carbonyl (C=O) groups excluding carboxylic acids is 1. The van der Waals surface area contributed by atoms with Crippen LogP contribution in [0.4, 0.5) is 13.2 Å². The molecule has 3 rings (SSSR count). The lowest BCUT2D eigenvalue weighted by Gasteiger charge is -2.42. The first kappa shape index (κ1) is 20.2. The molecule has 2 heterocycles. The highest BCUT2D eigenvalue weighted by molar-refractivity contribution is 5.73. The second-order valence-electron chi connectivity index (χ2n) is 7.98. The molecular formula is C21H29F3N2O. The van der Waals surface area contributed by atoms with Crippen molar-refractivity contribution in [3.63, 3.8) is 0 Å². The molecule has 0 N–H and O–H groups in total. The third-order valence-electron chi connectivity index (χ3n) is 6.07. The first-order chi connectivity index (χ1) is 12.8. The Bertz CT molecular complexity index is 639. The van der Waals surface area contributed by atoms with Gasteiger partial charge >= 0.3 is 6.18 Å². The quantitative estimate of drug-likeness (QED) is 0.772. The van der Waals surface area contributed by atoms with Crippen LogP contribution < -0.4 is 0 Å². The Morgan fingerprint density at radius 2 is 1.89 bits per heavy atom. The highest BCUT2D eigenvalue weighted by Gasteiger charge is 2.31. The minimum absolute atomic E-state index is 0.158. The molecule has 2 saturated heterocycles. The number of likely N-dealkylation sites (tertiary alicyclic amines) is 2. The van der Waals surface area contributed by atoms with Gasteiger partial charge in [0.25, 0.3) is 0 Å². The molecule has 0 bridgehead atoms. The predicted molar refractivity (Wildman–Crippen MR) is 99.3 cm³/mol. The van der Waals surface area contributed by atoms with Crippen molar-refractivity contribution in [3.8, 4) is 0 Å². The van der Waals surface area contributed by atoms with Crippen molar-refractivity contribution >= 4 is 5.91 Å². The smallest absolute Gasteiger partial charge is 0.343 e. The molecule has 0 aromatic heterocycles. The Hall–Kier alpha value is -1.56. The van der Waals surface area contributed by atoms with Gasteiger partial charge in [-0.15, -0.1) is 0 Å². The van der Waals surface area contributed by atoms with Gasteiger partial charge in [0.2, 0.25) is 5.91 Å². The Morgan fingerprint density at radius 3 is 2.56 bits per heavy atom. The fourth-order valence-corrected chi connectivity index (χ4v) is 4.48. The van der Waals surface area contributed by atoms with Crippen LogP contribution in [-0.4, -0.2) is 47.9 Å². The lowest BCUT2D eigenvalue weighted by molar-refractivity contribution is -0.137. The summed E-state index contributed by atoms with van der Waals surface area (Å²) >= 11 is 0. The summed E-state index contributed by atoms with van der Waals surface area (Å²) in [7, 11) is 0. The van der Waals surface area contributed by atoms with Crippen LogP contribution in [0.5, 0.6) is 0 Å². The van der Waals surface area contributed by atoms with Crippen LogP contribution in [0.15, 0.2) is 24.3 Å². The normalized spacial score (nSPS) is 22.8. The minimum atomic E-state index is -4.27. The highest BCUT2D eigenvalue weighted by atomic mass is 19.4. The number of rotatable bonds is 4. The van der Waals surface area contributed by atoms with E-state index in [0.29, 0.717) is 18.4 Å². The van der Waals surface area contributed by atoms with E-state index >= 15 is 0 Å². The molecule has 27 heavy (non-hydrogen) atoms. The fourth-order valence-electron chi connectivity index (χ4n) is 4.48. The first-order valence-electron chi connectivity index (χ1n) is 9.98. The second kappa shape index (κ2) is 8.63. The molecular weight excluding hydrogens is 353 g/mol. The molecule has 1 amide bonds. The summed E-state index contributed by atoms with van der Waals surface area (Å²) in [5, 5.41) is 0. The number of nitrogens with zero attached hydrogens (tertiary/aromatic N) is 2. The van der Waals surface area contributed by atoms with Crippen molar-refractivity contribution in [2.75, 3.05) is 26.2 Å². The molecule has 0 aliphatic carbocycles. The van der Waals surface area contributed by atoms with E-state index in [1.165, 1.54) is 12.1 Å². The number of halogens is 3. The number of amides is 1. The van der Waals surface area contributed by atoms with Crippen LogP contribution in [0.2, 0.25) is 0 Å². The number of alkyl halides is 3. The lowest BCUT2D eigenvalue weighted by atomic mass is 9.89. The summed E-state index contributed by atoms with van der Waals surface area (Å²) in [5.41, 5.74) is 0.221. The molecule has 1 atom stereocenters. The van der Waals surface area contributed by atoms with E-state index in [2.05, 4.69) is 4.90 Å². The van der Waals surface area contributed by atoms with Gasteiger partial charge in [-0.25, -0.2) is 0 Å². The van der Waals surface area contributed by atoms with Crippen molar-refractivity contribution in [1.29, 1.82) is 0 Å². The van der Waals surface area contributed by atoms with Gasteiger partial charge in [-0.05, 0) is 62.6 Å². The van der Waals surface area contributed by atoms with Gasteiger partial charge < -0.3 is 4.90 Å². The molecule has 2 aliphatic heterocycles. The van der Waals surface area contributed by atoms with Crippen molar-refractivity contribution in [3.05, 3.63) is 35.4 Å². The molecule has 6 heteroatoms. The number of carbonyl (C=O) groups is 1. The van der Waals surface area contributed by atoms with Gasteiger partial charge in [0, 0.05) is 32.6 Å². The summed E-state index contributed by atoms with van der Waals surface area (Å²) in [6, 6.07) is 6.27. The van der Waals surface area contributed by atoms with Gasteiger partial charge in [0.1, 0.15) is 0 Å². The molecule has 0 radical (unpaired) electrons.